The van der Waals surface area contributed by atoms with Gasteiger partial charge in [0.05, 0.1) is 42.3 Å². The number of aromatic nitrogens is 1. The minimum atomic E-state index is -4.75. The van der Waals surface area contributed by atoms with Crippen molar-refractivity contribution in [3.05, 3.63) is 66.4 Å². The number of piperazine rings is 1. The highest BCUT2D eigenvalue weighted by Crippen LogP contribution is 2.42. The summed E-state index contributed by atoms with van der Waals surface area (Å²) in [6, 6.07) is 11.7. The number of rotatable bonds is 7. The Morgan fingerprint density at radius 3 is 2.52 bits per heavy atom. The molecule has 42 heavy (non-hydrogen) atoms. The Kier molecular flexibility index (Phi) is 7.75. The number of carboxylic acid groups (broad SMARTS) is 1. The zero-order chi connectivity index (χ0) is 30.2. The summed E-state index contributed by atoms with van der Waals surface area (Å²) in [6.45, 7) is 0.480. The van der Waals surface area contributed by atoms with E-state index in [0.29, 0.717) is 35.3 Å². The zero-order valence-corrected chi connectivity index (χ0v) is 23.2. The summed E-state index contributed by atoms with van der Waals surface area (Å²) in [7, 11) is -3.03. The van der Waals surface area contributed by atoms with Crippen LogP contribution in [0.3, 0.4) is 0 Å². The molecule has 0 spiro atoms. The lowest BCUT2D eigenvalue weighted by molar-refractivity contribution is -0.141. The number of methoxy groups -OCH3 is 1. The van der Waals surface area contributed by atoms with E-state index >= 15 is 0 Å². The Balaban J connectivity index is 1.59. The largest absolute Gasteiger partial charge is 0.496 e. The summed E-state index contributed by atoms with van der Waals surface area (Å²) >= 11 is 0. The molecule has 1 atom stereocenters. The molecule has 1 aromatic heterocycles. The minimum absolute atomic E-state index is 0.0858. The van der Waals surface area contributed by atoms with E-state index in [4.69, 9.17) is 9.84 Å². The molecule has 3 aromatic rings. The van der Waals surface area contributed by atoms with Crippen molar-refractivity contribution in [2.24, 2.45) is 0 Å². The maximum Gasteiger partial charge on any atom is 0.416 e. The van der Waals surface area contributed by atoms with Gasteiger partial charge in [-0.15, -0.1) is 0 Å². The van der Waals surface area contributed by atoms with Crippen molar-refractivity contribution in [3.63, 3.8) is 0 Å². The van der Waals surface area contributed by atoms with Gasteiger partial charge >= 0.3 is 12.1 Å². The van der Waals surface area contributed by atoms with Gasteiger partial charge in [-0.1, -0.05) is 24.3 Å². The standard InChI is InChI=1S/C28H27F3N4O6S/c1-41-24-8-3-2-7-22(24)18-13-23-27(32-15-18)34-12-11-33(25(36)9-10-26(37)38)16-20(34)17-35(23)42(39,40)21-6-4-5-19(14-21)28(29,30)31/h2-8,13-15,20H,9-12,16-17H2,1H3,(H,37,38)/t20-/m0/s1. The lowest BCUT2D eigenvalue weighted by Gasteiger charge is -2.48. The maximum absolute atomic E-state index is 14.0. The van der Waals surface area contributed by atoms with Gasteiger partial charge in [0.1, 0.15) is 5.75 Å². The first kappa shape index (κ1) is 29.2. The molecule has 3 heterocycles. The molecule has 0 saturated carbocycles. The van der Waals surface area contributed by atoms with Gasteiger partial charge in [-0.3, -0.25) is 13.9 Å². The predicted octanol–water partition coefficient (Wildman–Crippen LogP) is 3.87. The molecular weight excluding hydrogens is 577 g/mol. The molecular formula is C28H27F3N4O6S. The number of fused-ring (bicyclic) bond motifs is 3. The average Bonchev–Trinajstić information content (AvgIpc) is 2.98. The molecule has 2 aliphatic rings. The number of para-hydroxylation sites is 1. The third-order valence-electron chi connectivity index (χ3n) is 7.32. The quantitative estimate of drug-likeness (QED) is 0.432. The van der Waals surface area contributed by atoms with Gasteiger partial charge in [-0.05, 0) is 30.3 Å². The first-order valence-electron chi connectivity index (χ1n) is 13.0. The van der Waals surface area contributed by atoms with Crippen LogP contribution in [0.25, 0.3) is 11.1 Å². The number of pyridine rings is 1. The van der Waals surface area contributed by atoms with Gasteiger partial charge < -0.3 is 19.6 Å². The zero-order valence-electron chi connectivity index (χ0n) is 22.4. The van der Waals surface area contributed by atoms with E-state index in [1.807, 2.05) is 4.90 Å². The fourth-order valence-electron chi connectivity index (χ4n) is 5.25. The van der Waals surface area contributed by atoms with E-state index in [9.17, 15) is 31.2 Å². The number of halogens is 3. The predicted molar refractivity (Wildman–Crippen MR) is 147 cm³/mol. The van der Waals surface area contributed by atoms with Crippen LogP contribution in [-0.4, -0.2) is 74.6 Å². The number of carbonyl (C=O) groups is 2. The Morgan fingerprint density at radius 1 is 1.05 bits per heavy atom. The molecule has 2 aliphatic heterocycles. The summed E-state index contributed by atoms with van der Waals surface area (Å²) in [5.74, 6) is -0.664. The van der Waals surface area contributed by atoms with Gasteiger partial charge in [-0.25, -0.2) is 13.4 Å². The molecule has 1 N–H and O–H groups in total. The van der Waals surface area contributed by atoms with Gasteiger partial charge in [-0.2, -0.15) is 13.2 Å². The Hall–Kier alpha value is -4.33. The van der Waals surface area contributed by atoms with Crippen LogP contribution < -0.4 is 13.9 Å². The Morgan fingerprint density at radius 2 is 1.81 bits per heavy atom. The highest BCUT2D eigenvalue weighted by Gasteiger charge is 2.42. The molecule has 0 radical (unpaired) electrons. The van der Waals surface area contributed by atoms with Crippen molar-refractivity contribution >= 4 is 33.4 Å². The second-order valence-corrected chi connectivity index (χ2v) is 11.8. The summed E-state index contributed by atoms with van der Waals surface area (Å²) < 4.78 is 75.0. The highest BCUT2D eigenvalue weighted by atomic mass is 32.2. The second kappa shape index (κ2) is 11.2. The van der Waals surface area contributed by atoms with Crippen molar-refractivity contribution in [2.45, 2.75) is 30.0 Å². The number of benzene rings is 2. The van der Waals surface area contributed by atoms with Crippen LogP contribution in [0.5, 0.6) is 5.75 Å². The average molecular weight is 605 g/mol. The number of carbonyl (C=O) groups excluding carboxylic acids is 1. The lowest BCUT2D eigenvalue weighted by atomic mass is 10.0. The number of anilines is 2. The molecule has 10 nitrogen and oxygen atoms in total. The molecule has 5 rings (SSSR count). The lowest BCUT2D eigenvalue weighted by Crippen LogP contribution is -2.61. The maximum atomic E-state index is 14.0. The number of nitrogens with zero attached hydrogens (tertiary/aromatic N) is 4. The fourth-order valence-corrected chi connectivity index (χ4v) is 6.79. The third kappa shape index (κ3) is 5.58. The van der Waals surface area contributed by atoms with Crippen molar-refractivity contribution < 1.29 is 41.0 Å². The van der Waals surface area contributed by atoms with Crippen LogP contribution in [0, 0.1) is 0 Å². The van der Waals surface area contributed by atoms with Crippen LogP contribution >= 0.6 is 0 Å². The number of sulfonamides is 1. The van der Waals surface area contributed by atoms with Crippen molar-refractivity contribution in [2.75, 3.05) is 42.5 Å². The monoisotopic (exact) mass is 604 g/mol. The topological polar surface area (TPSA) is 120 Å². The summed E-state index contributed by atoms with van der Waals surface area (Å²) in [4.78, 5) is 31.1. The molecule has 1 saturated heterocycles. The first-order valence-corrected chi connectivity index (χ1v) is 14.4. The van der Waals surface area contributed by atoms with E-state index in [-0.39, 0.29) is 44.1 Å². The molecule has 2 aromatic carbocycles. The van der Waals surface area contributed by atoms with E-state index in [1.165, 1.54) is 12.0 Å². The smallest absolute Gasteiger partial charge is 0.416 e. The van der Waals surface area contributed by atoms with Crippen LogP contribution in [0.2, 0.25) is 0 Å². The van der Waals surface area contributed by atoms with E-state index < -0.39 is 38.7 Å². The number of amides is 1. The third-order valence-corrected chi connectivity index (χ3v) is 9.10. The Labute approximate surface area is 240 Å². The number of ether oxygens (including phenoxy) is 1. The summed E-state index contributed by atoms with van der Waals surface area (Å²) in [5.41, 5.74) is 0.257. The van der Waals surface area contributed by atoms with Crippen LogP contribution in [0.4, 0.5) is 24.7 Å². The number of hydrogen-bond donors (Lipinski definition) is 1. The molecule has 1 amide bonds. The molecule has 1 fully saturated rings. The van der Waals surface area contributed by atoms with E-state index in [0.717, 1.165) is 22.5 Å². The molecule has 0 unspecified atom stereocenters. The SMILES string of the molecule is COc1ccccc1-c1cnc2c(c1)N(S(=O)(=O)c1cccc(C(F)(F)F)c1)C[C@@H]1CN(C(=O)CCC(=O)O)CCN21. The fraction of sp³-hybridized carbons (Fsp3) is 0.321. The molecule has 0 bridgehead atoms. The number of alkyl halides is 3. The normalized spacial score (nSPS) is 17.0. The Bertz CT molecular complexity index is 1630. The van der Waals surface area contributed by atoms with Gasteiger partial charge in [0.15, 0.2) is 5.82 Å². The van der Waals surface area contributed by atoms with Crippen LogP contribution in [-0.2, 0) is 25.8 Å². The van der Waals surface area contributed by atoms with Crippen molar-refractivity contribution in [1.82, 2.24) is 9.88 Å². The number of carboxylic acids is 1. The highest BCUT2D eigenvalue weighted by molar-refractivity contribution is 7.92. The minimum Gasteiger partial charge on any atom is -0.496 e. The van der Waals surface area contributed by atoms with E-state index in [2.05, 4.69) is 4.98 Å². The molecule has 0 aliphatic carbocycles. The van der Waals surface area contributed by atoms with Crippen molar-refractivity contribution in [3.8, 4) is 16.9 Å². The number of aliphatic carboxylic acids is 1. The first-order chi connectivity index (χ1) is 19.9. The second-order valence-electron chi connectivity index (χ2n) is 9.91. The van der Waals surface area contributed by atoms with E-state index in [1.54, 1.807) is 36.5 Å². The molecule has 222 valence electrons. The number of hydrogen-bond acceptors (Lipinski definition) is 7. The van der Waals surface area contributed by atoms with Gasteiger partial charge in [0.25, 0.3) is 10.0 Å². The van der Waals surface area contributed by atoms with Crippen LogP contribution in [0.15, 0.2) is 65.7 Å². The summed E-state index contributed by atoms with van der Waals surface area (Å²) in [6.07, 6.45) is -3.72. The van der Waals surface area contributed by atoms with Gasteiger partial charge in [0, 0.05) is 43.4 Å². The van der Waals surface area contributed by atoms with Gasteiger partial charge in [0.2, 0.25) is 5.91 Å². The summed E-state index contributed by atoms with van der Waals surface area (Å²) in [5, 5.41) is 8.96. The molecule has 14 heteroatoms. The van der Waals surface area contributed by atoms with Crippen molar-refractivity contribution in [1.29, 1.82) is 0 Å². The van der Waals surface area contributed by atoms with Crippen LogP contribution in [0.1, 0.15) is 18.4 Å².